The number of benzene rings is 2. The van der Waals surface area contributed by atoms with Gasteiger partial charge in [0.25, 0.3) is 0 Å². The topological polar surface area (TPSA) is 46.6 Å². The minimum absolute atomic E-state index is 0.101. The number of nitrogens with zero attached hydrogens (tertiary/aromatic N) is 1. The Labute approximate surface area is 162 Å². The number of fused-ring (bicyclic) bond motifs is 1. The van der Waals surface area contributed by atoms with E-state index in [1.807, 2.05) is 6.07 Å². The lowest BCUT2D eigenvalue weighted by Crippen LogP contribution is -2.48. The molecule has 3 rings (SSSR count). The number of piperidine rings is 1. The molecule has 0 N–H and O–H groups in total. The number of carbonyl (C=O) groups is 2. The van der Waals surface area contributed by atoms with E-state index in [1.54, 1.807) is 20.8 Å². The number of rotatable bonds is 1. The van der Waals surface area contributed by atoms with Crippen LogP contribution in [0.5, 0.6) is 0 Å². The number of amides is 2. The summed E-state index contributed by atoms with van der Waals surface area (Å²) in [6.07, 6.45) is -0.227. The molecule has 1 saturated heterocycles. The normalized spacial score (nSPS) is 21.1. The first-order valence-electron chi connectivity index (χ1n) is 8.86. The summed E-state index contributed by atoms with van der Waals surface area (Å²) in [6.45, 7) is 7.88. The molecule has 1 aliphatic heterocycles. The Bertz CT molecular complexity index is 856. The quantitative estimate of drug-likeness (QED) is 0.615. The van der Waals surface area contributed by atoms with Gasteiger partial charge in [-0.15, -0.1) is 0 Å². The highest BCUT2D eigenvalue weighted by atomic mass is 79.9. The SMILES string of the molecule is CC1CN(C(=O)OC(C)(C)C)C(=O)CC1c1ccc2ccc(Br)cc2c1. The fraction of sp³-hybridized carbons (Fsp3) is 0.429. The zero-order valence-electron chi connectivity index (χ0n) is 15.6. The lowest BCUT2D eigenvalue weighted by atomic mass is 9.81. The van der Waals surface area contributed by atoms with Crippen molar-refractivity contribution in [3.63, 3.8) is 0 Å². The lowest BCUT2D eigenvalue weighted by molar-refractivity contribution is -0.134. The maximum atomic E-state index is 12.6. The largest absolute Gasteiger partial charge is 0.443 e. The molecule has 1 heterocycles. The lowest BCUT2D eigenvalue weighted by Gasteiger charge is -2.36. The van der Waals surface area contributed by atoms with Crippen molar-refractivity contribution in [2.24, 2.45) is 5.92 Å². The Morgan fingerprint density at radius 1 is 1.15 bits per heavy atom. The summed E-state index contributed by atoms with van der Waals surface area (Å²) in [7, 11) is 0. The van der Waals surface area contributed by atoms with Gasteiger partial charge in [-0.3, -0.25) is 4.79 Å². The fourth-order valence-corrected chi connectivity index (χ4v) is 3.80. The molecule has 2 amide bonds. The van der Waals surface area contributed by atoms with Crippen molar-refractivity contribution in [3.8, 4) is 0 Å². The van der Waals surface area contributed by atoms with Gasteiger partial charge in [0.15, 0.2) is 0 Å². The molecule has 2 atom stereocenters. The Morgan fingerprint density at radius 2 is 1.85 bits per heavy atom. The molecule has 2 aromatic rings. The Hall–Kier alpha value is -1.88. The second-order valence-electron chi connectivity index (χ2n) is 8.02. The van der Waals surface area contributed by atoms with Crippen LogP contribution in [-0.4, -0.2) is 29.0 Å². The molecule has 2 aromatic carbocycles. The average molecular weight is 418 g/mol. The number of imide groups is 1. The minimum Gasteiger partial charge on any atom is -0.443 e. The molecule has 1 fully saturated rings. The summed E-state index contributed by atoms with van der Waals surface area (Å²) < 4.78 is 6.40. The van der Waals surface area contributed by atoms with E-state index in [1.165, 1.54) is 10.3 Å². The molecule has 1 aliphatic rings. The van der Waals surface area contributed by atoms with Crippen LogP contribution in [0.25, 0.3) is 10.8 Å². The van der Waals surface area contributed by atoms with Crippen LogP contribution in [-0.2, 0) is 9.53 Å². The van der Waals surface area contributed by atoms with Crippen LogP contribution >= 0.6 is 15.9 Å². The Balaban J connectivity index is 1.81. The van der Waals surface area contributed by atoms with Crippen LogP contribution in [0.2, 0.25) is 0 Å². The van der Waals surface area contributed by atoms with Crippen molar-refractivity contribution < 1.29 is 14.3 Å². The third-order valence-electron chi connectivity index (χ3n) is 4.72. The predicted molar refractivity (Wildman–Crippen MR) is 106 cm³/mol. The van der Waals surface area contributed by atoms with Gasteiger partial charge in [0.05, 0.1) is 0 Å². The highest BCUT2D eigenvalue weighted by molar-refractivity contribution is 9.10. The summed E-state index contributed by atoms with van der Waals surface area (Å²) in [5, 5.41) is 2.31. The van der Waals surface area contributed by atoms with Crippen LogP contribution in [0.1, 0.15) is 45.6 Å². The van der Waals surface area contributed by atoms with Gasteiger partial charge in [0.1, 0.15) is 5.60 Å². The van der Waals surface area contributed by atoms with Crippen molar-refractivity contribution in [3.05, 3.63) is 46.4 Å². The molecule has 2 unspecified atom stereocenters. The number of carbonyl (C=O) groups excluding carboxylic acids is 2. The first kappa shape index (κ1) is 18.9. The van der Waals surface area contributed by atoms with Gasteiger partial charge in [0, 0.05) is 17.4 Å². The number of hydrogen-bond acceptors (Lipinski definition) is 3. The van der Waals surface area contributed by atoms with Crippen LogP contribution in [0.4, 0.5) is 4.79 Å². The van der Waals surface area contributed by atoms with Gasteiger partial charge in [-0.25, -0.2) is 9.69 Å². The van der Waals surface area contributed by atoms with Crippen molar-refractivity contribution in [2.75, 3.05) is 6.54 Å². The van der Waals surface area contributed by atoms with E-state index in [9.17, 15) is 9.59 Å². The molecule has 0 spiro atoms. The average Bonchev–Trinajstić information content (AvgIpc) is 2.54. The zero-order chi connectivity index (χ0) is 19.1. The highest BCUT2D eigenvalue weighted by Crippen LogP contribution is 2.35. The number of ether oxygens (including phenoxy) is 1. The fourth-order valence-electron chi connectivity index (χ4n) is 3.42. The maximum Gasteiger partial charge on any atom is 0.417 e. The van der Waals surface area contributed by atoms with Crippen LogP contribution < -0.4 is 0 Å². The standard InChI is InChI=1S/C21H24BrNO3/c1-13-12-23(20(25)26-21(2,3)4)19(24)11-18(13)15-6-5-14-7-8-17(22)10-16(14)9-15/h5-10,13,18H,11-12H2,1-4H3. The third-order valence-corrected chi connectivity index (χ3v) is 5.21. The summed E-state index contributed by atoms with van der Waals surface area (Å²) in [4.78, 5) is 26.1. The van der Waals surface area contributed by atoms with Gasteiger partial charge >= 0.3 is 6.09 Å². The smallest absolute Gasteiger partial charge is 0.417 e. The van der Waals surface area contributed by atoms with Crippen LogP contribution in [0.15, 0.2) is 40.9 Å². The molecule has 26 heavy (non-hydrogen) atoms. The predicted octanol–water partition coefficient (Wildman–Crippen LogP) is 5.49. The monoisotopic (exact) mass is 417 g/mol. The summed E-state index contributed by atoms with van der Waals surface area (Å²) in [6, 6.07) is 12.5. The molecule has 0 aromatic heterocycles. The molecule has 0 saturated carbocycles. The molecule has 5 heteroatoms. The van der Waals surface area contributed by atoms with Gasteiger partial charge < -0.3 is 4.74 Å². The highest BCUT2D eigenvalue weighted by Gasteiger charge is 2.37. The molecule has 0 aliphatic carbocycles. The zero-order valence-corrected chi connectivity index (χ0v) is 17.2. The third kappa shape index (κ3) is 4.09. The van der Waals surface area contributed by atoms with Crippen LogP contribution in [0, 0.1) is 5.92 Å². The first-order chi connectivity index (χ1) is 12.1. The Morgan fingerprint density at radius 3 is 2.54 bits per heavy atom. The van der Waals surface area contributed by atoms with Gasteiger partial charge in [-0.1, -0.05) is 47.1 Å². The summed E-state index contributed by atoms with van der Waals surface area (Å²) in [5.41, 5.74) is 0.531. The van der Waals surface area contributed by atoms with Crippen molar-refractivity contribution >= 4 is 38.7 Å². The van der Waals surface area contributed by atoms with Crippen LogP contribution in [0.3, 0.4) is 0 Å². The molecule has 0 radical (unpaired) electrons. The summed E-state index contributed by atoms with van der Waals surface area (Å²) in [5.74, 6) is 0.103. The first-order valence-corrected chi connectivity index (χ1v) is 9.66. The van der Waals surface area contributed by atoms with E-state index < -0.39 is 11.7 Å². The molecule has 0 bridgehead atoms. The summed E-state index contributed by atoms with van der Waals surface area (Å²) >= 11 is 3.51. The molecule has 138 valence electrons. The second-order valence-corrected chi connectivity index (χ2v) is 8.94. The van der Waals surface area contributed by atoms with Gasteiger partial charge in [0.2, 0.25) is 5.91 Å². The molecular formula is C21H24BrNO3. The maximum absolute atomic E-state index is 12.6. The Kier molecular flexibility index (Phi) is 5.11. The number of likely N-dealkylation sites (tertiary alicyclic amines) is 1. The number of hydrogen-bond donors (Lipinski definition) is 0. The molecular weight excluding hydrogens is 394 g/mol. The van der Waals surface area contributed by atoms with Crippen molar-refractivity contribution in [1.29, 1.82) is 0 Å². The van der Waals surface area contributed by atoms with E-state index in [0.29, 0.717) is 13.0 Å². The van der Waals surface area contributed by atoms with Gasteiger partial charge in [-0.05, 0) is 61.1 Å². The van der Waals surface area contributed by atoms with E-state index in [0.717, 1.165) is 15.4 Å². The van der Waals surface area contributed by atoms with E-state index in [-0.39, 0.29) is 17.7 Å². The second kappa shape index (κ2) is 7.03. The minimum atomic E-state index is -0.608. The van der Waals surface area contributed by atoms with Gasteiger partial charge in [-0.2, -0.15) is 0 Å². The van der Waals surface area contributed by atoms with Crippen molar-refractivity contribution in [1.82, 2.24) is 4.90 Å². The molecule has 4 nitrogen and oxygen atoms in total. The van der Waals surface area contributed by atoms with Crippen molar-refractivity contribution in [2.45, 2.75) is 45.6 Å². The van der Waals surface area contributed by atoms with E-state index in [2.05, 4.69) is 53.2 Å². The number of halogens is 1. The van der Waals surface area contributed by atoms with E-state index >= 15 is 0 Å². The van der Waals surface area contributed by atoms with E-state index in [4.69, 9.17) is 4.74 Å².